The van der Waals surface area contributed by atoms with Crippen molar-refractivity contribution < 1.29 is 9.53 Å². The van der Waals surface area contributed by atoms with Crippen molar-refractivity contribution in [2.75, 3.05) is 26.7 Å². The zero-order valence-corrected chi connectivity index (χ0v) is 16.8. The number of ether oxygens (including phenoxy) is 1. The first-order valence-electron chi connectivity index (χ1n) is 8.47. The summed E-state index contributed by atoms with van der Waals surface area (Å²) in [6, 6.07) is 0. The van der Waals surface area contributed by atoms with Crippen LogP contribution >= 0.6 is 23.2 Å². The largest absolute Gasteiger partial charge is 0.444 e. The lowest BCUT2D eigenvalue weighted by molar-refractivity contribution is 0.0148. The second kappa shape index (κ2) is 8.52. The van der Waals surface area contributed by atoms with Crippen LogP contribution in [0.1, 0.15) is 39.2 Å². The number of carbonyl (C=O) groups is 1. The molecule has 2 rings (SSSR count). The maximum atomic E-state index is 12.3. The molecule has 0 radical (unpaired) electrons. The number of rotatable bonds is 4. The van der Waals surface area contributed by atoms with Gasteiger partial charge in [-0.1, -0.05) is 11.6 Å². The van der Waals surface area contributed by atoms with Crippen molar-refractivity contribution in [2.45, 2.75) is 45.8 Å². The first-order valence-corrected chi connectivity index (χ1v) is 9.23. The van der Waals surface area contributed by atoms with Crippen LogP contribution in [0, 0.1) is 5.92 Å². The summed E-state index contributed by atoms with van der Waals surface area (Å²) in [5.41, 5.74) is 0.375. The molecule has 0 bridgehead atoms. The van der Waals surface area contributed by atoms with Crippen LogP contribution in [0.25, 0.3) is 0 Å². The first-order chi connectivity index (χ1) is 11.6. The van der Waals surface area contributed by atoms with E-state index in [1.54, 1.807) is 6.20 Å². The third-order valence-electron chi connectivity index (χ3n) is 3.96. The first kappa shape index (κ1) is 20.2. The number of nitrogens with zero attached hydrogens (tertiary/aromatic N) is 4. The lowest BCUT2D eigenvalue weighted by Gasteiger charge is -2.35. The van der Waals surface area contributed by atoms with Crippen molar-refractivity contribution in [1.29, 1.82) is 0 Å². The van der Waals surface area contributed by atoms with Crippen molar-refractivity contribution in [3.05, 3.63) is 22.2 Å². The second-order valence-corrected chi connectivity index (χ2v) is 8.28. The molecule has 0 aliphatic carbocycles. The number of likely N-dealkylation sites (tertiary alicyclic amines) is 1. The molecule has 1 unspecified atom stereocenters. The van der Waals surface area contributed by atoms with E-state index in [-0.39, 0.29) is 11.4 Å². The van der Waals surface area contributed by atoms with Crippen LogP contribution in [0.2, 0.25) is 10.4 Å². The van der Waals surface area contributed by atoms with Gasteiger partial charge in [-0.2, -0.15) is 0 Å². The lowest BCUT2D eigenvalue weighted by atomic mass is 9.97. The summed E-state index contributed by atoms with van der Waals surface area (Å²) in [5, 5.41) is 0.530. The molecule has 140 valence electrons. The zero-order chi connectivity index (χ0) is 18.6. The predicted octanol–water partition coefficient (Wildman–Crippen LogP) is 3.86. The van der Waals surface area contributed by atoms with Gasteiger partial charge in [-0.15, -0.1) is 0 Å². The van der Waals surface area contributed by atoms with Crippen LogP contribution in [0.4, 0.5) is 4.79 Å². The average Bonchev–Trinajstić information content (AvgIpc) is 2.48. The minimum absolute atomic E-state index is 0.150. The average molecular weight is 389 g/mol. The molecule has 1 fully saturated rings. The van der Waals surface area contributed by atoms with Gasteiger partial charge < -0.3 is 14.5 Å². The van der Waals surface area contributed by atoms with Crippen LogP contribution in [-0.2, 0) is 11.3 Å². The Morgan fingerprint density at radius 2 is 2.16 bits per heavy atom. The Labute approximate surface area is 159 Å². The van der Waals surface area contributed by atoms with Gasteiger partial charge in [-0.05, 0) is 58.2 Å². The Morgan fingerprint density at radius 1 is 1.44 bits per heavy atom. The van der Waals surface area contributed by atoms with Crippen molar-refractivity contribution in [1.82, 2.24) is 19.8 Å². The highest BCUT2D eigenvalue weighted by atomic mass is 35.5. The van der Waals surface area contributed by atoms with E-state index in [0.29, 0.717) is 24.2 Å². The highest BCUT2D eigenvalue weighted by Gasteiger charge is 2.28. The van der Waals surface area contributed by atoms with Crippen LogP contribution < -0.4 is 0 Å². The predicted molar refractivity (Wildman–Crippen MR) is 98.9 cm³/mol. The molecule has 0 aromatic carbocycles. The monoisotopic (exact) mass is 388 g/mol. The fraction of sp³-hybridized carbons (Fsp3) is 0.706. The Morgan fingerprint density at radius 3 is 2.80 bits per heavy atom. The highest BCUT2D eigenvalue weighted by molar-refractivity contribution is 6.32. The Bertz CT molecular complexity index is 607. The Hall–Kier alpha value is -1.11. The molecule has 0 spiro atoms. The fourth-order valence-corrected chi connectivity index (χ4v) is 3.34. The molecule has 0 saturated carbocycles. The lowest BCUT2D eigenvalue weighted by Crippen LogP contribution is -2.45. The van der Waals surface area contributed by atoms with Gasteiger partial charge in [0, 0.05) is 37.9 Å². The van der Waals surface area contributed by atoms with Crippen molar-refractivity contribution >= 4 is 29.3 Å². The van der Waals surface area contributed by atoms with E-state index in [0.717, 1.165) is 31.5 Å². The number of aromatic nitrogens is 2. The summed E-state index contributed by atoms with van der Waals surface area (Å²) in [6.07, 6.45) is 3.51. The second-order valence-electron chi connectivity index (χ2n) is 7.59. The van der Waals surface area contributed by atoms with Crippen LogP contribution in [0.5, 0.6) is 0 Å². The van der Waals surface area contributed by atoms with Crippen molar-refractivity contribution in [3.8, 4) is 0 Å². The van der Waals surface area contributed by atoms with Gasteiger partial charge in [-0.25, -0.2) is 14.8 Å². The standard InChI is InChI=1S/C17H26Cl2N4O2/c1-17(2,3)25-16(24)23-7-5-6-12(10-23)9-22(4)11-13-8-20-15(19)21-14(13)18/h8,12H,5-7,9-11H2,1-4H3. The molecular weight excluding hydrogens is 363 g/mol. The molecule has 1 aromatic heterocycles. The molecule has 2 heterocycles. The Balaban J connectivity index is 1.88. The number of amides is 1. The summed E-state index contributed by atoms with van der Waals surface area (Å²) < 4.78 is 5.48. The third-order valence-corrected chi connectivity index (χ3v) is 4.47. The molecule has 1 aliphatic heterocycles. The number of piperidine rings is 1. The van der Waals surface area contributed by atoms with E-state index < -0.39 is 5.60 Å². The molecule has 8 heteroatoms. The fourth-order valence-electron chi connectivity index (χ4n) is 2.97. The zero-order valence-electron chi connectivity index (χ0n) is 15.3. The summed E-state index contributed by atoms with van der Waals surface area (Å²) in [6.45, 7) is 8.63. The normalized spacial score (nSPS) is 18.5. The third kappa shape index (κ3) is 6.60. The molecule has 1 saturated heterocycles. The number of hydrogen-bond donors (Lipinski definition) is 0. The van der Waals surface area contributed by atoms with E-state index in [4.69, 9.17) is 27.9 Å². The van der Waals surface area contributed by atoms with E-state index in [1.807, 2.05) is 32.7 Å². The van der Waals surface area contributed by atoms with E-state index >= 15 is 0 Å². The maximum absolute atomic E-state index is 12.3. The van der Waals surface area contributed by atoms with Crippen LogP contribution in [0.3, 0.4) is 0 Å². The summed E-state index contributed by atoms with van der Waals surface area (Å²) in [5.74, 6) is 0.401. The van der Waals surface area contributed by atoms with Gasteiger partial charge in [0.25, 0.3) is 0 Å². The smallest absolute Gasteiger partial charge is 0.410 e. The molecule has 1 amide bonds. The van der Waals surface area contributed by atoms with Crippen molar-refractivity contribution in [2.24, 2.45) is 5.92 Å². The van der Waals surface area contributed by atoms with Gasteiger partial charge in [0.15, 0.2) is 0 Å². The maximum Gasteiger partial charge on any atom is 0.410 e. The number of halogens is 2. The van der Waals surface area contributed by atoms with Crippen molar-refractivity contribution in [3.63, 3.8) is 0 Å². The molecule has 6 nitrogen and oxygen atoms in total. The summed E-state index contributed by atoms with van der Waals surface area (Å²) >= 11 is 11.8. The van der Waals surface area contributed by atoms with Gasteiger partial charge in [-0.3, -0.25) is 0 Å². The van der Waals surface area contributed by atoms with Gasteiger partial charge >= 0.3 is 6.09 Å². The minimum Gasteiger partial charge on any atom is -0.444 e. The van der Waals surface area contributed by atoms with Crippen LogP contribution in [-0.4, -0.2) is 58.1 Å². The van der Waals surface area contributed by atoms with E-state index in [2.05, 4.69) is 14.9 Å². The topological polar surface area (TPSA) is 58.6 Å². The molecule has 25 heavy (non-hydrogen) atoms. The molecule has 0 N–H and O–H groups in total. The molecule has 1 aromatic rings. The van der Waals surface area contributed by atoms with E-state index in [1.165, 1.54) is 0 Å². The SMILES string of the molecule is CN(Cc1cnc(Cl)nc1Cl)CC1CCCN(C(=O)OC(C)(C)C)C1. The summed E-state index contributed by atoms with van der Waals surface area (Å²) in [4.78, 5) is 24.2. The quantitative estimate of drug-likeness (QED) is 0.578. The summed E-state index contributed by atoms with van der Waals surface area (Å²) in [7, 11) is 2.03. The highest BCUT2D eigenvalue weighted by Crippen LogP contribution is 2.21. The van der Waals surface area contributed by atoms with Gasteiger partial charge in [0.1, 0.15) is 10.8 Å². The van der Waals surface area contributed by atoms with Gasteiger partial charge in [0.2, 0.25) is 5.28 Å². The Kier molecular flexibility index (Phi) is 6.88. The number of carbonyl (C=O) groups excluding carboxylic acids is 1. The minimum atomic E-state index is -0.466. The molecular formula is C17H26Cl2N4O2. The van der Waals surface area contributed by atoms with Gasteiger partial charge in [0.05, 0.1) is 0 Å². The number of hydrogen-bond acceptors (Lipinski definition) is 5. The molecule has 1 aliphatic rings. The van der Waals surface area contributed by atoms with Crippen LogP contribution in [0.15, 0.2) is 6.20 Å². The molecule has 1 atom stereocenters. The van der Waals surface area contributed by atoms with E-state index in [9.17, 15) is 4.79 Å².